The largest absolute Gasteiger partial charge is 0.462 e. The van der Waals surface area contributed by atoms with Crippen LogP contribution >= 0.6 is 11.3 Å². The van der Waals surface area contributed by atoms with Crippen LogP contribution in [0.2, 0.25) is 0 Å². The monoisotopic (exact) mass is 307 g/mol. The number of nitrogens with zero attached hydrogens (tertiary/aromatic N) is 1. The number of hydrogen-bond acceptors (Lipinski definition) is 5. The summed E-state index contributed by atoms with van der Waals surface area (Å²) < 4.78 is 5.32. The van der Waals surface area contributed by atoms with E-state index in [-0.39, 0.29) is 11.8 Å². The van der Waals surface area contributed by atoms with Gasteiger partial charge in [-0.15, -0.1) is 11.3 Å². The molecule has 114 valence electrons. The standard InChI is InChI=1S/C15H21N3O2S/c1-9(2)15(4,8-16)18-13(19)12-10(3)21-14(17-12)11-6-5-7-20-11/h5-7,9H,8,16H2,1-4H3,(H,18,19). The van der Waals surface area contributed by atoms with E-state index in [2.05, 4.69) is 10.3 Å². The maximum Gasteiger partial charge on any atom is 0.271 e. The highest BCUT2D eigenvalue weighted by molar-refractivity contribution is 7.15. The van der Waals surface area contributed by atoms with Crippen molar-refractivity contribution in [2.75, 3.05) is 6.54 Å². The Balaban J connectivity index is 2.24. The Kier molecular flexibility index (Phi) is 4.49. The average molecular weight is 307 g/mol. The summed E-state index contributed by atoms with van der Waals surface area (Å²) >= 11 is 1.45. The first-order chi connectivity index (χ1) is 9.87. The highest BCUT2D eigenvalue weighted by atomic mass is 32.1. The van der Waals surface area contributed by atoms with Gasteiger partial charge < -0.3 is 15.5 Å². The molecule has 0 aliphatic heterocycles. The fourth-order valence-electron chi connectivity index (χ4n) is 1.86. The van der Waals surface area contributed by atoms with E-state index in [0.717, 1.165) is 4.88 Å². The van der Waals surface area contributed by atoms with Gasteiger partial charge in [-0.2, -0.15) is 0 Å². The van der Waals surface area contributed by atoms with E-state index in [1.54, 1.807) is 12.3 Å². The molecule has 0 saturated carbocycles. The molecular weight excluding hydrogens is 286 g/mol. The molecule has 1 unspecified atom stereocenters. The van der Waals surface area contributed by atoms with Crippen molar-refractivity contribution in [3.8, 4) is 10.8 Å². The molecule has 0 saturated heterocycles. The molecule has 1 amide bonds. The smallest absolute Gasteiger partial charge is 0.271 e. The Bertz CT molecular complexity index is 619. The molecule has 2 heterocycles. The normalized spacial score (nSPS) is 14.2. The predicted octanol–water partition coefficient (Wildman–Crippen LogP) is 2.81. The van der Waals surface area contributed by atoms with Crippen LogP contribution in [0.3, 0.4) is 0 Å². The van der Waals surface area contributed by atoms with Crippen LogP contribution in [0.25, 0.3) is 10.8 Å². The molecule has 0 aliphatic carbocycles. The Labute approximate surface area is 128 Å². The van der Waals surface area contributed by atoms with E-state index in [0.29, 0.717) is 23.0 Å². The minimum atomic E-state index is -0.446. The van der Waals surface area contributed by atoms with Crippen LogP contribution in [0, 0.1) is 12.8 Å². The third-order valence-electron chi connectivity index (χ3n) is 3.84. The number of furan rings is 1. The van der Waals surface area contributed by atoms with Gasteiger partial charge in [-0.05, 0) is 31.9 Å². The zero-order valence-corrected chi connectivity index (χ0v) is 13.6. The fourth-order valence-corrected chi connectivity index (χ4v) is 2.74. The van der Waals surface area contributed by atoms with Crippen LogP contribution in [0.15, 0.2) is 22.8 Å². The zero-order valence-electron chi connectivity index (χ0n) is 12.8. The number of rotatable bonds is 5. The fraction of sp³-hybridized carbons (Fsp3) is 0.467. The Morgan fingerprint density at radius 1 is 1.57 bits per heavy atom. The first-order valence-corrected chi connectivity index (χ1v) is 7.73. The Morgan fingerprint density at radius 2 is 2.29 bits per heavy atom. The van der Waals surface area contributed by atoms with Gasteiger partial charge in [0.15, 0.2) is 10.8 Å². The van der Waals surface area contributed by atoms with Gasteiger partial charge in [0.05, 0.1) is 11.8 Å². The molecule has 0 aromatic carbocycles. The van der Waals surface area contributed by atoms with Gasteiger partial charge in [-0.1, -0.05) is 13.8 Å². The van der Waals surface area contributed by atoms with Gasteiger partial charge in [-0.25, -0.2) is 4.98 Å². The van der Waals surface area contributed by atoms with Crippen LogP contribution in [0.1, 0.15) is 36.1 Å². The average Bonchev–Trinajstić information content (AvgIpc) is 3.06. The van der Waals surface area contributed by atoms with Crippen molar-refractivity contribution in [3.05, 3.63) is 29.0 Å². The molecule has 5 nitrogen and oxygen atoms in total. The first-order valence-electron chi connectivity index (χ1n) is 6.91. The van der Waals surface area contributed by atoms with Gasteiger partial charge in [-0.3, -0.25) is 4.79 Å². The predicted molar refractivity (Wildman–Crippen MR) is 84.3 cm³/mol. The summed E-state index contributed by atoms with van der Waals surface area (Å²) in [5, 5.41) is 3.72. The van der Waals surface area contributed by atoms with E-state index >= 15 is 0 Å². The van der Waals surface area contributed by atoms with Crippen LogP contribution in [0.4, 0.5) is 0 Å². The molecule has 3 N–H and O–H groups in total. The number of amides is 1. The SMILES string of the molecule is Cc1sc(-c2ccco2)nc1C(=O)NC(C)(CN)C(C)C. The summed E-state index contributed by atoms with van der Waals surface area (Å²) in [5.74, 6) is 0.714. The lowest BCUT2D eigenvalue weighted by atomic mass is 9.88. The van der Waals surface area contributed by atoms with Crippen molar-refractivity contribution in [2.24, 2.45) is 11.7 Å². The second kappa shape index (κ2) is 5.99. The molecule has 0 fully saturated rings. The molecule has 0 spiro atoms. The van der Waals surface area contributed by atoms with E-state index in [1.165, 1.54) is 11.3 Å². The molecule has 0 radical (unpaired) electrons. The van der Waals surface area contributed by atoms with Gasteiger partial charge in [0.2, 0.25) is 0 Å². The summed E-state index contributed by atoms with van der Waals surface area (Å²) in [6.45, 7) is 8.29. The van der Waals surface area contributed by atoms with Crippen molar-refractivity contribution in [1.82, 2.24) is 10.3 Å². The summed E-state index contributed by atoms with van der Waals surface area (Å²) in [7, 11) is 0. The lowest BCUT2D eigenvalue weighted by Gasteiger charge is -2.33. The Hall–Kier alpha value is -1.66. The van der Waals surface area contributed by atoms with Crippen molar-refractivity contribution < 1.29 is 9.21 Å². The minimum Gasteiger partial charge on any atom is -0.462 e. The molecule has 6 heteroatoms. The minimum absolute atomic E-state index is 0.191. The third kappa shape index (κ3) is 3.16. The molecule has 0 bridgehead atoms. The van der Waals surface area contributed by atoms with E-state index in [1.807, 2.05) is 33.8 Å². The van der Waals surface area contributed by atoms with Gasteiger partial charge in [0.1, 0.15) is 5.69 Å². The van der Waals surface area contributed by atoms with Crippen molar-refractivity contribution >= 4 is 17.2 Å². The zero-order chi connectivity index (χ0) is 15.6. The molecule has 2 aromatic rings. The Morgan fingerprint density at radius 3 is 2.81 bits per heavy atom. The quantitative estimate of drug-likeness (QED) is 0.890. The summed E-state index contributed by atoms with van der Waals surface area (Å²) in [6, 6.07) is 3.63. The van der Waals surface area contributed by atoms with Gasteiger partial charge in [0, 0.05) is 11.4 Å². The second-order valence-electron chi connectivity index (χ2n) is 5.63. The molecule has 1 atom stereocenters. The topological polar surface area (TPSA) is 81.2 Å². The molecular formula is C15H21N3O2S. The first kappa shape index (κ1) is 15.7. The van der Waals surface area contributed by atoms with Crippen LogP contribution < -0.4 is 11.1 Å². The number of aromatic nitrogens is 1. The summed E-state index contributed by atoms with van der Waals surface area (Å²) in [4.78, 5) is 17.7. The highest BCUT2D eigenvalue weighted by Crippen LogP contribution is 2.28. The van der Waals surface area contributed by atoms with Crippen molar-refractivity contribution in [1.29, 1.82) is 0 Å². The van der Waals surface area contributed by atoms with E-state index in [4.69, 9.17) is 10.2 Å². The highest BCUT2D eigenvalue weighted by Gasteiger charge is 2.30. The number of carbonyl (C=O) groups is 1. The van der Waals surface area contributed by atoms with E-state index in [9.17, 15) is 4.79 Å². The number of hydrogen-bond donors (Lipinski definition) is 2. The molecule has 2 aromatic heterocycles. The number of thiazole rings is 1. The number of aryl methyl sites for hydroxylation is 1. The maximum atomic E-state index is 12.5. The molecule has 21 heavy (non-hydrogen) atoms. The van der Waals surface area contributed by atoms with E-state index < -0.39 is 5.54 Å². The van der Waals surface area contributed by atoms with Crippen molar-refractivity contribution in [3.63, 3.8) is 0 Å². The second-order valence-corrected chi connectivity index (χ2v) is 6.83. The van der Waals surface area contributed by atoms with Crippen LogP contribution in [-0.4, -0.2) is 23.0 Å². The van der Waals surface area contributed by atoms with Crippen LogP contribution in [0.5, 0.6) is 0 Å². The van der Waals surface area contributed by atoms with Gasteiger partial charge >= 0.3 is 0 Å². The molecule has 0 aliphatic rings. The number of nitrogens with two attached hydrogens (primary N) is 1. The summed E-state index contributed by atoms with van der Waals surface area (Å²) in [5.41, 5.74) is 5.80. The number of nitrogens with one attached hydrogen (secondary N) is 1. The molecule has 2 rings (SSSR count). The van der Waals surface area contributed by atoms with Gasteiger partial charge in [0.25, 0.3) is 5.91 Å². The van der Waals surface area contributed by atoms with Crippen LogP contribution in [-0.2, 0) is 0 Å². The maximum absolute atomic E-state index is 12.5. The third-order valence-corrected chi connectivity index (χ3v) is 4.83. The lowest BCUT2D eigenvalue weighted by molar-refractivity contribution is 0.0878. The van der Waals surface area contributed by atoms with Crippen molar-refractivity contribution in [2.45, 2.75) is 33.2 Å². The number of carbonyl (C=O) groups excluding carboxylic acids is 1. The lowest BCUT2D eigenvalue weighted by Crippen LogP contribution is -2.55. The summed E-state index contributed by atoms with van der Waals surface area (Å²) in [6.07, 6.45) is 1.59.